The predicted molar refractivity (Wildman–Crippen MR) is 90.0 cm³/mol. The Morgan fingerprint density at radius 3 is 2.39 bits per heavy atom. The number of nitrogens with zero attached hydrogens (tertiary/aromatic N) is 4. The van der Waals surface area contributed by atoms with Crippen molar-refractivity contribution in [2.45, 2.75) is 18.7 Å². The molecule has 0 aliphatic heterocycles. The van der Waals surface area contributed by atoms with Crippen molar-refractivity contribution in [1.82, 2.24) is 14.8 Å². The molecule has 2 aromatic heterocycles. The van der Waals surface area contributed by atoms with Crippen molar-refractivity contribution in [2.75, 3.05) is 11.4 Å². The topological polar surface area (TPSA) is 68.1 Å². The molecule has 0 saturated heterocycles. The van der Waals surface area contributed by atoms with Gasteiger partial charge in [0.1, 0.15) is 4.90 Å². The maximum atomic E-state index is 13.1. The van der Waals surface area contributed by atoms with E-state index in [-0.39, 0.29) is 0 Å². The first-order chi connectivity index (χ1) is 10.8. The van der Waals surface area contributed by atoms with Crippen molar-refractivity contribution < 1.29 is 8.42 Å². The zero-order valence-corrected chi connectivity index (χ0v) is 14.3. The van der Waals surface area contributed by atoms with Crippen molar-refractivity contribution in [3.63, 3.8) is 0 Å². The smallest absolute Gasteiger partial charge is 0.267 e. The first-order valence-corrected chi connectivity index (χ1v) is 8.61. The lowest BCUT2D eigenvalue weighted by molar-refractivity contribution is 0.593. The van der Waals surface area contributed by atoms with Gasteiger partial charge in [0.15, 0.2) is 5.82 Å². The SMILES string of the molecule is Cc1ccc(N(C)S(=O)(=O)c2c(C)n(C)c3ccccc23)nn1. The molecule has 0 unspecified atom stereocenters. The molecule has 0 bridgehead atoms. The quantitative estimate of drug-likeness (QED) is 0.739. The third kappa shape index (κ3) is 2.37. The Morgan fingerprint density at radius 1 is 1.04 bits per heavy atom. The van der Waals surface area contributed by atoms with E-state index >= 15 is 0 Å². The molecule has 1 aromatic carbocycles. The third-order valence-electron chi connectivity index (χ3n) is 4.07. The number of para-hydroxylation sites is 1. The van der Waals surface area contributed by atoms with Crippen LogP contribution in [0.25, 0.3) is 10.9 Å². The zero-order valence-electron chi connectivity index (χ0n) is 13.5. The van der Waals surface area contributed by atoms with Crippen molar-refractivity contribution in [1.29, 1.82) is 0 Å². The van der Waals surface area contributed by atoms with E-state index in [2.05, 4.69) is 10.2 Å². The summed E-state index contributed by atoms with van der Waals surface area (Å²) in [4.78, 5) is 0.306. The van der Waals surface area contributed by atoms with Gasteiger partial charge in [-0.25, -0.2) is 8.42 Å². The summed E-state index contributed by atoms with van der Waals surface area (Å²) in [6.07, 6.45) is 0. The summed E-state index contributed by atoms with van der Waals surface area (Å²) in [5.74, 6) is 0.294. The molecule has 23 heavy (non-hydrogen) atoms. The Hall–Kier alpha value is -2.41. The van der Waals surface area contributed by atoms with E-state index < -0.39 is 10.0 Å². The molecule has 0 aliphatic carbocycles. The van der Waals surface area contributed by atoms with Crippen LogP contribution in [0.5, 0.6) is 0 Å². The molecule has 3 aromatic rings. The van der Waals surface area contributed by atoms with Gasteiger partial charge in [-0.15, -0.1) is 5.10 Å². The van der Waals surface area contributed by atoms with Crippen molar-refractivity contribution >= 4 is 26.7 Å². The van der Waals surface area contributed by atoms with Crippen LogP contribution in [0.4, 0.5) is 5.82 Å². The molecule has 0 fully saturated rings. The van der Waals surface area contributed by atoms with Gasteiger partial charge in [-0.05, 0) is 32.0 Å². The van der Waals surface area contributed by atoms with Gasteiger partial charge in [0.05, 0.1) is 5.69 Å². The van der Waals surface area contributed by atoms with Gasteiger partial charge in [-0.1, -0.05) is 18.2 Å². The van der Waals surface area contributed by atoms with Crippen LogP contribution < -0.4 is 4.31 Å². The summed E-state index contributed by atoms with van der Waals surface area (Å²) in [7, 11) is -0.372. The standard InChI is InChI=1S/C16H18N4O2S/c1-11-9-10-15(18-17-11)20(4)23(21,22)16-12(2)19(3)14-8-6-5-7-13(14)16/h5-10H,1-4H3. The molecule has 0 spiro atoms. The Labute approximate surface area is 135 Å². The van der Waals surface area contributed by atoms with E-state index in [1.54, 1.807) is 19.1 Å². The number of anilines is 1. The first-order valence-electron chi connectivity index (χ1n) is 7.17. The average molecular weight is 330 g/mol. The van der Waals surface area contributed by atoms with Gasteiger partial charge in [-0.3, -0.25) is 4.31 Å². The number of sulfonamides is 1. The van der Waals surface area contributed by atoms with Crippen LogP contribution in [0, 0.1) is 13.8 Å². The number of hydrogen-bond acceptors (Lipinski definition) is 4. The molecule has 6 nitrogen and oxygen atoms in total. The Balaban J connectivity index is 2.21. The molecule has 0 saturated carbocycles. The van der Waals surface area contributed by atoms with E-state index in [9.17, 15) is 8.42 Å². The Bertz CT molecular complexity index is 975. The van der Waals surface area contributed by atoms with Gasteiger partial charge < -0.3 is 4.57 Å². The second-order valence-electron chi connectivity index (χ2n) is 5.50. The molecule has 0 amide bonds. The summed E-state index contributed by atoms with van der Waals surface area (Å²) in [5, 5.41) is 8.62. The molecular weight excluding hydrogens is 312 g/mol. The summed E-state index contributed by atoms with van der Waals surface area (Å²) < 4.78 is 29.3. The molecule has 2 heterocycles. The van der Waals surface area contributed by atoms with E-state index in [4.69, 9.17) is 0 Å². The van der Waals surface area contributed by atoms with Crippen LogP contribution in [-0.4, -0.2) is 30.2 Å². The van der Waals surface area contributed by atoms with E-state index in [1.165, 1.54) is 11.4 Å². The lowest BCUT2D eigenvalue weighted by Gasteiger charge is -2.18. The fraction of sp³-hybridized carbons (Fsp3) is 0.250. The van der Waals surface area contributed by atoms with Crippen LogP contribution in [0.2, 0.25) is 0 Å². The van der Waals surface area contributed by atoms with Crippen LogP contribution in [0.3, 0.4) is 0 Å². The minimum absolute atomic E-state index is 0.294. The lowest BCUT2D eigenvalue weighted by atomic mass is 10.2. The lowest BCUT2D eigenvalue weighted by Crippen LogP contribution is -2.28. The molecule has 0 aliphatic rings. The first kappa shape index (κ1) is 15.5. The van der Waals surface area contributed by atoms with Gasteiger partial charge in [0.2, 0.25) is 0 Å². The summed E-state index contributed by atoms with van der Waals surface area (Å²) >= 11 is 0. The molecule has 0 N–H and O–H groups in total. The minimum Gasteiger partial charge on any atom is -0.347 e. The highest BCUT2D eigenvalue weighted by Crippen LogP contribution is 2.31. The monoisotopic (exact) mass is 330 g/mol. The van der Waals surface area contributed by atoms with Crippen molar-refractivity contribution in [3.05, 3.63) is 47.8 Å². The maximum absolute atomic E-state index is 13.1. The molecule has 0 atom stereocenters. The third-order valence-corrected chi connectivity index (χ3v) is 6.01. The Kier molecular flexibility index (Phi) is 3.60. The van der Waals surface area contributed by atoms with Crippen LogP contribution >= 0.6 is 0 Å². The maximum Gasteiger partial charge on any atom is 0.267 e. The fourth-order valence-corrected chi connectivity index (χ4v) is 4.21. The zero-order chi connectivity index (χ0) is 16.8. The molecule has 0 radical (unpaired) electrons. The van der Waals surface area contributed by atoms with Crippen molar-refractivity contribution in [3.8, 4) is 0 Å². The predicted octanol–water partition coefficient (Wildman–Crippen LogP) is 2.41. The largest absolute Gasteiger partial charge is 0.347 e. The fourth-order valence-electron chi connectivity index (χ4n) is 2.63. The number of fused-ring (bicyclic) bond motifs is 1. The van der Waals surface area contributed by atoms with E-state index in [0.717, 1.165) is 11.2 Å². The molecule has 7 heteroatoms. The number of benzene rings is 1. The van der Waals surface area contributed by atoms with Crippen LogP contribution in [-0.2, 0) is 17.1 Å². The number of hydrogen-bond donors (Lipinski definition) is 0. The second kappa shape index (κ2) is 5.34. The van der Waals surface area contributed by atoms with Gasteiger partial charge in [0, 0.05) is 30.7 Å². The summed E-state index contributed by atoms with van der Waals surface area (Å²) in [5.41, 5.74) is 2.31. The number of aromatic nitrogens is 3. The molecule has 120 valence electrons. The normalized spacial score (nSPS) is 11.8. The Morgan fingerprint density at radius 2 is 1.74 bits per heavy atom. The van der Waals surface area contributed by atoms with E-state index in [1.807, 2.05) is 42.8 Å². The number of rotatable bonds is 3. The average Bonchev–Trinajstić information content (AvgIpc) is 2.80. The summed E-state index contributed by atoms with van der Waals surface area (Å²) in [6, 6.07) is 10.9. The van der Waals surface area contributed by atoms with Gasteiger partial charge in [0.25, 0.3) is 10.0 Å². The highest BCUT2D eigenvalue weighted by molar-refractivity contribution is 7.93. The van der Waals surface area contributed by atoms with Crippen molar-refractivity contribution in [2.24, 2.45) is 7.05 Å². The van der Waals surface area contributed by atoms with Crippen LogP contribution in [0.1, 0.15) is 11.4 Å². The highest BCUT2D eigenvalue weighted by atomic mass is 32.2. The molecular formula is C16H18N4O2S. The number of aryl methyl sites for hydroxylation is 2. The van der Waals surface area contributed by atoms with Gasteiger partial charge >= 0.3 is 0 Å². The second-order valence-corrected chi connectivity index (χ2v) is 7.40. The van der Waals surface area contributed by atoms with Gasteiger partial charge in [-0.2, -0.15) is 5.10 Å². The summed E-state index contributed by atoms with van der Waals surface area (Å²) in [6.45, 7) is 3.61. The highest BCUT2D eigenvalue weighted by Gasteiger charge is 2.29. The molecule has 3 rings (SSSR count). The van der Waals surface area contributed by atoms with E-state index in [0.29, 0.717) is 21.8 Å². The minimum atomic E-state index is -3.73. The van der Waals surface area contributed by atoms with Crippen LogP contribution in [0.15, 0.2) is 41.3 Å².